The number of carbonyl (C=O) groups excluding carboxylic acids is 2. The number of likely N-dealkylation sites (tertiary alicyclic amines) is 1. The van der Waals surface area contributed by atoms with Crippen LogP contribution in [0.5, 0.6) is 0 Å². The second-order valence-electron chi connectivity index (χ2n) is 6.00. The quantitative estimate of drug-likeness (QED) is 0.829. The molecule has 1 aliphatic rings. The number of nitrogens with one attached hydrogen (secondary N) is 2. The number of amides is 2. The minimum Gasteiger partial charge on any atom is -0.349 e. The van der Waals surface area contributed by atoms with Gasteiger partial charge < -0.3 is 10.2 Å². The van der Waals surface area contributed by atoms with Crippen molar-refractivity contribution in [1.82, 2.24) is 25.4 Å². The van der Waals surface area contributed by atoms with Crippen LogP contribution in [-0.2, 0) is 29.1 Å². The van der Waals surface area contributed by atoms with Gasteiger partial charge in [-0.3, -0.25) is 14.7 Å². The topological polar surface area (TPSA) is 91.0 Å². The molecule has 0 bridgehead atoms. The van der Waals surface area contributed by atoms with E-state index in [9.17, 15) is 9.59 Å². The summed E-state index contributed by atoms with van der Waals surface area (Å²) in [5, 5.41) is 9.22. The third-order valence-electron chi connectivity index (χ3n) is 4.28. The summed E-state index contributed by atoms with van der Waals surface area (Å²) < 4.78 is 0. The standard InChI is InChI=1S/C17H21N5O2/c1-2-12-3-5-13(6-4-12)9-22-10-14(7-16(22)23)17(24)18-8-15-19-11-20-21-15/h3-6,11,14H,2,7-10H2,1H3,(H,18,24)(H,19,20,21)/t14-/m1/s1. The summed E-state index contributed by atoms with van der Waals surface area (Å²) in [7, 11) is 0. The van der Waals surface area contributed by atoms with Crippen LogP contribution in [0.25, 0.3) is 0 Å². The third kappa shape index (κ3) is 3.79. The van der Waals surface area contributed by atoms with E-state index in [4.69, 9.17) is 0 Å². The number of benzene rings is 1. The van der Waals surface area contributed by atoms with Crippen LogP contribution in [0.15, 0.2) is 30.6 Å². The molecule has 2 N–H and O–H groups in total. The Hall–Kier alpha value is -2.70. The van der Waals surface area contributed by atoms with Gasteiger partial charge >= 0.3 is 0 Å². The molecular formula is C17H21N5O2. The molecule has 1 aromatic carbocycles. The first-order valence-electron chi connectivity index (χ1n) is 8.13. The van der Waals surface area contributed by atoms with E-state index in [2.05, 4.69) is 39.6 Å². The summed E-state index contributed by atoms with van der Waals surface area (Å²) in [4.78, 5) is 30.1. The number of carbonyl (C=O) groups is 2. The van der Waals surface area contributed by atoms with Crippen LogP contribution < -0.4 is 5.32 Å². The molecule has 126 valence electrons. The Labute approximate surface area is 140 Å². The van der Waals surface area contributed by atoms with Crippen molar-refractivity contribution in [1.29, 1.82) is 0 Å². The van der Waals surface area contributed by atoms with Crippen molar-refractivity contribution in [2.45, 2.75) is 32.9 Å². The van der Waals surface area contributed by atoms with E-state index in [-0.39, 0.29) is 24.2 Å². The van der Waals surface area contributed by atoms with Gasteiger partial charge in [-0.05, 0) is 17.5 Å². The summed E-state index contributed by atoms with van der Waals surface area (Å²) in [6.45, 7) is 3.41. The van der Waals surface area contributed by atoms with E-state index in [0.717, 1.165) is 12.0 Å². The third-order valence-corrected chi connectivity index (χ3v) is 4.28. The van der Waals surface area contributed by atoms with E-state index in [0.29, 0.717) is 25.5 Å². The van der Waals surface area contributed by atoms with Gasteiger partial charge in [0.25, 0.3) is 0 Å². The molecule has 0 aliphatic carbocycles. The minimum atomic E-state index is -0.310. The average Bonchev–Trinajstić information content (AvgIpc) is 3.24. The molecule has 0 saturated carbocycles. The number of hydrogen-bond donors (Lipinski definition) is 2. The first-order chi connectivity index (χ1) is 11.7. The Morgan fingerprint density at radius 3 is 2.75 bits per heavy atom. The maximum atomic E-state index is 12.2. The number of aryl methyl sites for hydroxylation is 1. The van der Waals surface area contributed by atoms with Crippen molar-refractivity contribution in [2.24, 2.45) is 5.92 Å². The molecule has 1 atom stereocenters. The van der Waals surface area contributed by atoms with Gasteiger partial charge in [0.05, 0.1) is 12.5 Å². The number of aromatic nitrogens is 3. The molecular weight excluding hydrogens is 306 g/mol. The predicted molar refractivity (Wildman–Crippen MR) is 87.6 cm³/mol. The highest BCUT2D eigenvalue weighted by molar-refractivity contribution is 5.89. The fraction of sp³-hybridized carbons (Fsp3) is 0.412. The summed E-state index contributed by atoms with van der Waals surface area (Å²) in [6.07, 6.45) is 2.65. The Bertz CT molecular complexity index is 696. The number of hydrogen-bond acceptors (Lipinski definition) is 4. The van der Waals surface area contributed by atoms with Crippen LogP contribution in [0.2, 0.25) is 0 Å². The van der Waals surface area contributed by atoms with E-state index < -0.39 is 0 Å². The van der Waals surface area contributed by atoms with Crippen molar-refractivity contribution in [3.8, 4) is 0 Å². The number of nitrogens with zero attached hydrogens (tertiary/aromatic N) is 3. The van der Waals surface area contributed by atoms with Gasteiger partial charge in [0.1, 0.15) is 12.2 Å². The zero-order valence-electron chi connectivity index (χ0n) is 13.7. The molecule has 0 radical (unpaired) electrons. The lowest BCUT2D eigenvalue weighted by Crippen LogP contribution is -2.32. The number of H-pyrrole nitrogens is 1. The van der Waals surface area contributed by atoms with Gasteiger partial charge in [-0.2, -0.15) is 5.10 Å². The van der Waals surface area contributed by atoms with Gasteiger partial charge in [-0.1, -0.05) is 31.2 Å². The molecule has 2 amide bonds. The summed E-state index contributed by atoms with van der Waals surface area (Å²) >= 11 is 0. The summed E-state index contributed by atoms with van der Waals surface area (Å²) in [5.74, 6) is 0.189. The van der Waals surface area contributed by atoms with Crippen LogP contribution in [0, 0.1) is 5.92 Å². The molecule has 0 unspecified atom stereocenters. The largest absolute Gasteiger partial charge is 0.349 e. The Balaban J connectivity index is 1.53. The van der Waals surface area contributed by atoms with E-state index in [1.807, 2.05) is 12.1 Å². The molecule has 2 heterocycles. The maximum Gasteiger partial charge on any atom is 0.225 e. The van der Waals surface area contributed by atoms with Gasteiger partial charge in [0.2, 0.25) is 11.8 Å². The molecule has 1 aliphatic heterocycles. The fourth-order valence-corrected chi connectivity index (χ4v) is 2.83. The second kappa shape index (κ2) is 7.25. The second-order valence-corrected chi connectivity index (χ2v) is 6.00. The lowest BCUT2D eigenvalue weighted by molar-refractivity contribution is -0.129. The van der Waals surface area contributed by atoms with Gasteiger partial charge in [-0.15, -0.1) is 0 Å². The van der Waals surface area contributed by atoms with Crippen LogP contribution in [0.4, 0.5) is 0 Å². The lowest BCUT2D eigenvalue weighted by atomic mass is 10.1. The van der Waals surface area contributed by atoms with Crippen LogP contribution >= 0.6 is 0 Å². The Kier molecular flexibility index (Phi) is 4.88. The van der Waals surface area contributed by atoms with Crippen molar-refractivity contribution in [3.63, 3.8) is 0 Å². The summed E-state index contributed by atoms with van der Waals surface area (Å²) in [6, 6.07) is 8.25. The molecule has 3 rings (SSSR count). The molecule has 7 heteroatoms. The summed E-state index contributed by atoms with van der Waals surface area (Å²) in [5.41, 5.74) is 2.36. The lowest BCUT2D eigenvalue weighted by Gasteiger charge is -2.17. The molecule has 2 aromatic rings. The maximum absolute atomic E-state index is 12.2. The zero-order chi connectivity index (χ0) is 16.9. The molecule has 7 nitrogen and oxygen atoms in total. The Morgan fingerprint density at radius 2 is 2.08 bits per heavy atom. The highest BCUT2D eigenvalue weighted by Crippen LogP contribution is 2.20. The van der Waals surface area contributed by atoms with E-state index in [1.165, 1.54) is 11.9 Å². The number of rotatable bonds is 6. The SMILES string of the molecule is CCc1ccc(CN2C[C@H](C(=O)NCc3ncn[nH]3)CC2=O)cc1. The molecule has 1 fully saturated rings. The fourth-order valence-electron chi connectivity index (χ4n) is 2.83. The first-order valence-corrected chi connectivity index (χ1v) is 8.13. The van der Waals surface area contributed by atoms with Crippen molar-refractivity contribution >= 4 is 11.8 Å². The van der Waals surface area contributed by atoms with E-state index >= 15 is 0 Å². The average molecular weight is 327 g/mol. The van der Waals surface area contributed by atoms with Crippen LogP contribution in [-0.4, -0.2) is 38.4 Å². The van der Waals surface area contributed by atoms with Crippen LogP contribution in [0.3, 0.4) is 0 Å². The van der Waals surface area contributed by atoms with E-state index in [1.54, 1.807) is 4.90 Å². The van der Waals surface area contributed by atoms with Crippen LogP contribution in [0.1, 0.15) is 30.3 Å². The first kappa shape index (κ1) is 16.2. The van der Waals surface area contributed by atoms with Crippen molar-refractivity contribution < 1.29 is 9.59 Å². The highest BCUT2D eigenvalue weighted by Gasteiger charge is 2.34. The number of aromatic amines is 1. The smallest absolute Gasteiger partial charge is 0.225 e. The molecule has 1 aromatic heterocycles. The van der Waals surface area contributed by atoms with Crippen molar-refractivity contribution in [3.05, 3.63) is 47.5 Å². The molecule has 1 saturated heterocycles. The normalized spacial score (nSPS) is 17.3. The molecule has 24 heavy (non-hydrogen) atoms. The van der Waals surface area contributed by atoms with Gasteiger partial charge in [-0.25, -0.2) is 4.98 Å². The van der Waals surface area contributed by atoms with Crippen molar-refractivity contribution in [2.75, 3.05) is 6.54 Å². The van der Waals surface area contributed by atoms with Gasteiger partial charge in [0, 0.05) is 19.5 Å². The minimum absolute atomic E-state index is 0.0226. The monoisotopic (exact) mass is 327 g/mol. The zero-order valence-corrected chi connectivity index (χ0v) is 13.7. The highest BCUT2D eigenvalue weighted by atomic mass is 16.2. The Morgan fingerprint density at radius 1 is 1.33 bits per heavy atom. The van der Waals surface area contributed by atoms with Gasteiger partial charge in [0.15, 0.2) is 0 Å². The predicted octanol–water partition coefficient (Wildman–Crippen LogP) is 1.03. The molecule has 0 spiro atoms.